The second-order valence-electron chi connectivity index (χ2n) is 4.31. The van der Waals surface area contributed by atoms with Crippen molar-refractivity contribution in [3.8, 4) is 11.5 Å². The van der Waals surface area contributed by atoms with Crippen LogP contribution in [0.3, 0.4) is 0 Å². The quantitative estimate of drug-likeness (QED) is 0.671. The topological polar surface area (TPSA) is 78.4 Å². The zero-order valence-electron chi connectivity index (χ0n) is 10.7. The smallest absolute Gasteiger partial charge is 0.311 e. The maximum absolute atomic E-state index is 10.9. The summed E-state index contributed by atoms with van der Waals surface area (Å²) in [7, 11) is 0. The van der Waals surface area contributed by atoms with Gasteiger partial charge >= 0.3 is 5.69 Å². The van der Waals surface area contributed by atoms with E-state index in [-0.39, 0.29) is 17.5 Å². The first-order valence-corrected chi connectivity index (χ1v) is 6.74. The first-order chi connectivity index (χ1) is 9.49. The van der Waals surface area contributed by atoms with Crippen molar-refractivity contribution in [2.24, 2.45) is 5.73 Å². The molecule has 2 aromatic carbocycles. The minimum atomic E-state index is -0.473. The summed E-state index contributed by atoms with van der Waals surface area (Å²) in [5.74, 6) is 0.704. The summed E-state index contributed by atoms with van der Waals surface area (Å²) >= 11 is 3.38. The first kappa shape index (κ1) is 14.5. The average Bonchev–Trinajstić information content (AvgIpc) is 2.41. The summed E-state index contributed by atoms with van der Waals surface area (Å²) in [6, 6.07) is 11.6. The van der Waals surface area contributed by atoms with Crippen LogP contribution < -0.4 is 10.5 Å². The molecule has 0 saturated carbocycles. The predicted octanol–water partition coefficient (Wildman–Crippen LogP) is 4.17. The number of rotatable bonds is 4. The number of nitro benzene ring substituents is 1. The van der Waals surface area contributed by atoms with Gasteiger partial charge in [-0.3, -0.25) is 10.1 Å². The van der Waals surface area contributed by atoms with Crippen LogP contribution in [-0.2, 0) is 0 Å². The minimum absolute atomic E-state index is 0.0735. The Bertz CT molecular complexity index is 644. The molecule has 0 fully saturated rings. The normalized spacial score (nSPS) is 11.9. The lowest BCUT2D eigenvalue weighted by molar-refractivity contribution is -0.385. The Morgan fingerprint density at radius 3 is 2.55 bits per heavy atom. The molecule has 2 aromatic rings. The monoisotopic (exact) mass is 336 g/mol. The van der Waals surface area contributed by atoms with Crippen molar-refractivity contribution in [1.29, 1.82) is 0 Å². The fraction of sp³-hybridized carbons (Fsp3) is 0.143. The van der Waals surface area contributed by atoms with Gasteiger partial charge in [-0.1, -0.05) is 18.2 Å². The average molecular weight is 337 g/mol. The lowest BCUT2D eigenvalue weighted by Gasteiger charge is -2.11. The third kappa shape index (κ3) is 3.15. The standard InChI is InChI=1S/C14H13BrN2O3/c1-9(16)10-6-7-13(11(15)8-10)20-14-5-3-2-4-12(14)17(18)19/h2-9H,16H2,1H3. The number of ether oxygens (including phenoxy) is 1. The fourth-order valence-electron chi connectivity index (χ4n) is 1.70. The van der Waals surface area contributed by atoms with E-state index in [4.69, 9.17) is 10.5 Å². The maximum Gasteiger partial charge on any atom is 0.311 e. The van der Waals surface area contributed by atoms with Crippen LogP contribution in [0.15, 0.2) is 46.9 Å². The van der Waals surface area contributed by atoms with Crippen molar-refractivity contribution in [2.75, 3.05) is 0 Å². The van der Waals surface area contributed by atoms with Gasteiger partial charge in [-0.2, -0.15) is 0 Å². The fourth-order valence-corrected chi connectivity index (χ4v) is 2.17. The molecule has 5 nitrogen and oxygen atoms in total. The molecule has 104 valence electrons. The van der Waals surface area contributed by atoms with Crippen LogP contribution >= 0.6 is 15.9 Å². The van der Waals surface area contributed by atoms with Gasteiger partial charge in [0.2, 0.25) is 5.75 Å². The molecule has 0 amide bonds. The van der Waals surface area contributed by atoms with Crippen LogP contribution in [0.2, 0.25) is 0 Å². The van der Waals surface area contributed by atoms with Gasteiger partial charge in [0.25, 0.3) is 0 Å². The molecule has 0 spiro atoms. The molecule has 0 aliphatic heterocycles. The van der Waals surface area contributed by atoms with Crippen molar-refractivity contribution in [1.82, 2.24) is 0 Å². The Hall–Kier alpha value is -1.92. The summed E-state index contributed by atoms with van der Waals surface area (Å²) in [6.07, 6.45) is 0. The van der Waals surface area contributed by atoms with Gasteiger partial charge in [0.05, 0.1) is 9.40 Å². The third-order valence-electron chi connectivity index (χ3n) is 2.76. The highest BCUT2D eigenvalue weighted by atomic mass is 79.9. The molecule has 2 N–H and O–H groups in total. The van der Waals surface area contributed by atoms with Crippen LogP contribution in [0.5, 0.6) is 11.5 Å². The summed E-state index contributed by atoms with van der Waals surface area (Å²) in [4.78, 5) is 10.5. The van der Waals surface area contributed by atoms with Crippen LogP contribution in [0.25, 0.3) is 0 Å². The van der Waals surface area contributed by atoms with E-state index in [1.54, 1.807) is 24.3 Å². The van der Waals surface area contributed by atoms with Crippen molar-refractivity contribution in [2.45, 2.75) is 13.0 Å². The van der Waals surface area contributed by atoms with Crippen LogP contribution in [-0.4, -0.2) is 4.92 Å². The number of halogens is 1. The number of nitrogens with zero attached hydrogens (tertiary/aromatic N) is 1. The van der Waals surface area contributed by atoms with Crippen LogP contribution in [0.4, 0.5) is 5.69 Å². The second-order valence-corrected chi connectivity index (χ2v) is 5.16. The summed E-state index contributed by atoms with van der Waals surface area (Å²) in [5.41, 5.74) is 6.68. The van der Waals surface area contributed by atoms with E-state index in [1.165, 1.54) is 6.07 Å². The molecule has 0 aliphatic rings. The zero-order valence-corrected chi connectivity index (χ0v) is 12.3. The maximum atomic E-state index is 10.9. The SMILES string of the molecule is CC(N)c1ccc(Oc2ccccc2[N+](=O)[O-])c(Br)c1. The van der Waals surface area contributed by atoms with Crippen LogP contribution in [0, 0.1) is 10.1 Å². The van der Waals surface area contributed by atoms with Gasteiger partial charge in [-0.05, 0) is 46.6 Å². The van der Waals surface area contributed by atoms with Crippen molar-refractivity contribution >= 4 is 21.6 Å². The highest BCUT2D eigenvalue weighted by molar-refractivity contribution is 9.10. The molecule has 0 aliphatic carbocycles. The molecule has 0 aromatic heterocycles. The largest absolute Gasteiger partial charge is 0.449 e. The van der Waals surface area contributed by atoms with Crippen LogP contribution in [0.1, 0.15) is 18.5 Å². The summed E-state index contributed by atoms with van der Waals surface area (Å²) in [6.45, 7) is 1.88. The van der Waals surface area contributed by atoms with Gasteiger partial charge in [-0.25, -0.2) is 0 Å². The van der Waals surface area contributed by atoms with Crippen molar-refractivity contribution in [3.63, 3.8) is 0 Å². The Morgan fingerprint density at radius 1 is 1.25 bits per heavy atom. The highest BCUT2D eigenvalue weighted by Gasteiger charge is 2.15. The number of nitro groups is 1. The van der Waals surface area contributed by atoms with E-state index in [0.29, 0.717) is 10.2 Å². The summed E-state index contributed by atoms with van der Waals surface area (Å²) < 4.78 is 6.31. The third-order valence-corrected chi connectivity index (χ3v) is 3.38. The molecule has 0 heterocycles. The van der Waals surface area contributed by atoms with E-state index in [0.717, 1.165) is 5.56 Å². The Morgan fingerprint density at radius 2 is 1.95 bits per heavy atom. The zero-order chi connectivity index (χ0) is 14.7. The highest BCUT2D eigenvalue weighted by Crippen LogP contribution is 2.35. The van der Waals surface area contributed by atoms with Gasteiger partial charge < -0.3 is 10.5 Å². The molecule has 2 rings (SSSR count). The lowest BCUT2D eigenvalue weighted by atomic mass is 10.1. The Labute approximate surface area is 124 Å². The summed E-state index contributed by atoms with van der Waals surface area (Å²) in [5, 5.41) is 10.9. The molecule has 0 bridgehead atoms. The second kappa shape index (κ2) is 6.02. The number of para-hydroxylation sites is 2. The van der Waals surface area contributed by atoms with Crippen molar-refractivity contribution < 1.29 is 9.66 Å². The van der Waals surface area contributed by atoms with E-state index in [9.17, 15) is 10.1 Å². The van der Waals surface area contributed by atoms with E-state index in [1.807, 2.05) is 19.1 Å². The number of hydrogen-bond donors (Lipinski definition) is 1. The number of benzene rings is 2. The number of nitrogens with two attached hydrogens (primary N) is 1. The molecule has 1 atom stereocenters. The van der Waals surface area contributed by atoms with Gasteiger partial charge in [0, 0.05) is 12.1 Å². The molecule has 6 heteroatoms. The van der Waals surface area contributed by atoms with Gasteiger partial charge in [-0.15, -0.1) is 0 Å². The first-order valence-electron chi connectivity index (χ1n) is 5.95. The predicted molar refractivity (Wildman–Crippen MR) is 79.9 cm³/mol. The Kier molecular flexibility index (Phi) is 4.36. The molecule has 1 unspecified atom stereocenters. The minimum Gasteiger partial charge on any atom is -0.449 e. The molecule has 20 heavy (non-hydrogen) atoms. The lowest BCUT2D eigenvalue weighted by Crippen LogP contribution is -2.04. The van der Waals surface area contributed by atoms with E-state index < -0.39 is 4.92 Å². The molecular formula is C14H13BrN2O3. The van der Waals surface area contributed by atoms with Gasteiger partial charge in [0.15, 0.2) is 0 Å². The van der Waals surface area contributed by atoms with E-state index >= 15 is 0 Å². The van der Waals surface area contributed by atoms with E-state index in [2.05, 4.69) is 15.9 Å². The number of hydrogen-bond acceptors (Lipinski definition) is 4. The molecule has 0 saturated heterocycles. The van der Waals surface area contributed by atoms with Crippen molar-refractivity contribution in [3.05, 3.63) is 62.6 Å². The Balaban J connectivity index is 2.33. The molecule has 0 radical (unpaired) electrons. The van der Waals surface area contributed by atoms with Gasteiger partial charge in [0.1, 0.15) is 5.75 Å². The molecular weight excluding hydrogens is 324 g/mol.